The van der Waals surface area contributed by atoms with Gasteiger partial charge >= 0.3 is 0 Å². The fraction of sp³-hybridized carbons (Fsp3) is 0.562. The maximum Gasteiger partial charge on any atom is 0.261 e. The van der Waals surface area contributed by atoms with Crippen LogP contribution in [0, 0.1) is 17.8 Å². The van der Waals surface area contributed by atoms with Crippen molar-refractivity contribution < 1.29 is 9.90 Å². The van der Waals surface area contributed by atoms with Gasteiger partial charge in [-0.1, -0.05) is 37.5 Å². The molecule has 0 bridgehead atoms. The third kappa shape index (κ3) is 4.66. The molecule has 0 radical (unpaired) electrons. The van der Waals surface area contributed by atoms with Crippen molar-refractivity contribution in [3.05, 3.63) is 21.9 Å². The highest BCUT2D eigenvalue weighted by molar-refractivity contribution is 7.14. The van der Waals surface area contributed by atoms with Crippen LogP contribution in [-0.4, -0.2) is 24.2 Å². The van der Waals surface area contributed by atoms with Gasteiger partial charge in [0.15, 0.2) is 0 Å². The Morgan fingerprint density at radius 1 is 1.40 bits per heavy atom. The summed E-state index contributed by atoms with van der Waals surface area (Å²) in [5, 5.41) is 11.7. The minimum atomic E-state index is 0.00297. The average molecular weight is 291 g/mol. The molecule has 1 saturated carbocycles. The van der Waals surface area contributed by atoms with Gasteiger partial charge in [-0.25, -0.2) is 0 Å². The van der Waals surface area contributed by atoms with E-state index in [2.05, 4.69) is 17.2 Å². The fourth-order valence-electron chi connectivity index (χ4n) is 2.51. The molecule has 0 aromatic carbocycles. The van der Waals surface area contributed by atoms with Gasteiger partial charge in [-0.2, -0.15) is 0 Å². The number of carbonyl (C=O) groups is 1. The summed E-state index contributed by atoms with van der Waals surface area (Å²) in [4.78, 5) is 13.6. The Morgan fingerprint density at radius 2 is 2.20 bits per heavy atom. The molecule has 3 nitrogen and oxygen atoms in total. The smallest absolute Gasteiger partial charge is 0.261 e. The summed E-state index contributed by atoms with van der Waals surface area (Å²) in [7, 11) is 0. The number of hydrogen-bond donors (Lipinski definition) is 2. The van der Waals surface area contributed by atoms with E-state index in [0.717, 1.165) is 23.8 Å². The lowest BCUT2D eigenvalue weighted by Gasteiger charge is -2.08. The Morgan fingerprint density at radius 3 is 2.95 bits per heavy atom. The number of nitrogens with one attached hydrogen (secondary N) is 1. The van der Waals surface area contributed by atoms with Crippen molar-refractivity contribution in [2.24, 2.45) is 5.92 Å². The zero-order valence-electron chi connectivity index (χ0n) is 11.7. The molecule has 0 spiro atoms. The summed E-state index contributed by atoms with van der Waals surface area (Å²) in [5.74, 6) is 6.62. The quantitative estimate of drug-likeness (QED) is 0.820. The highest BCUT2D eigenvalue weighted by Crippen LogP contribution is 2.27. The van der Waals surface area contributed by atoms with E-state index < -0.39 is 0 Å². The standard InChI is InChI=1S/C16H21NO2S/c18-12-4-3-7-14-8-9-15(20-14)16(19)17-11-10-13-5-1-2-6-13/h8-9,13,18H,1-2,4-6,10-12H2,(H,17,19). The molecule has 2 N–H and O–H groups in total. The van der Waals surface area contributed by atoms with Crippen molar-refractivity contribution in [1.82, 2.24) is 5.32 Å². The van der Waals surface area contributed by atoms with Crippen molar-refractivity contribution in [1.29, 1.82) is 0 Å². The van der Waals surface area contributed by atoms with Crippen LogP contribution in [0.1, 0.15) is 53.1 Å². The monoisotopic (exact) mass is 291 g/mol. The van der Waals surface area contributed by atoms with Crippen LogP contribution in [0.5, 0.6) is 0 Å². The summed E-state index contributed by atoms with van der Waals surface area (Å²) in [5.41, 5.74) is 0. The second-order valence-electron chi connectivity index (χ2n) is 5.13. The van der Waals surface area contributed by atoms with E-state index in [9.17, 15) is 4.79 Å². The Labute approximate surface area is 124 Å². The molecular weight excluding hydrogens is 270 g/mol. The Bertz CT molecular complexity index is 492. The van der Waals surface area contributed by atoms with Crippen molar-refractivity contribution in [2.45, 2.75) is 38.5 Å². The SMILES string of the molecule is O=C(NCCC1CCCC1)c1ccc(C#CCCO)s1. The van der Waals surface area contributed by atoms with Crippen LogP contribution in [0.4, 0.5) is 0 Å². The number of amides is 1. The van der Waals surface area contributed by atoms with Gasteiger partial charge in [0.2, 0.25) is 0 Å². The second-order valence-corrected chi connectivity index (χ2v) is 6.22. The van der Waals surface area contributed by atoms with Crippen molar-refractivity contribution >= 4 is 17.2 Å². The van der Waals surface area contributed by atoms with Crippen LogP contribution in [0.15, 0.2) is 12.1 Å². The third-order valence-electron chi connectivity index (χ3n) is 3.59. The first-order valence-corrected chi connectivity index (χ1v) is 8.09. The van der Waals surface area contributed by atoms with Gasteiger partial charge in [0, 0.05) is 13.0 Å². The minimum Gasteiger partial charge on any atom is -0.395 e. The molecule has 1 aromatic rings. The maximum atomic E-state index is 12.0. The van der Waals surface area contributed by atoms with Gasteiger partial charge < -0.3 is 10.4 Å². The number of aliphatic hydroxyl groups excluding tert-OH is 1. The lowest BCUT2D eigenvalue weighted by Crippen LogP contribution is -2.24. The molecule has 0 saturated heterocycles. The van der Waals surface area contributed by atoms with E-state index in [1.54, 1.807) is 0 Å². The van der Waals surface area contributed by atoms with Crippen molar-refractivity contribution in [2.75, 3.05) is 13.2 Å². The predicted molar refractivity (Wildman–Crippen MR) is 81.8 cm³/mol. The third-order valence-corrected chi connectivity index (χ3v) is 4.59. The van der Waals surface area contributed by atoms with Gasteiger partial charge in [-0.15, -0.1) is 11.3 Å². The fourth-order valence-corrected chi connectivity index (χ4v) is 3.31. The molecule has 0 atom stereocenters. The number of carbonyl (C=O) groups excluding carboxylic acids is 1. The summed E-state index contributed by atoms with van der Waals surface area (Å²) < 4.78 is 0. The second kappa shape index (κ2) is 8.08. The van der Waals surface area contributed by atoms with E-state index in [-0.39, 0.29) is 12.5 Å². The zero-order valence-corrected chi connectivity index (χ0v) is 12.5. The first-order valence-electron chi connectivity index (χ1n) is 7.27. The van der Waals surface area contributed by atoms with E-state index in [1.807, 2.05) is 12.1 Å². The molecule has 4 heteroatoms. The maximum absolute atomic E-state index is 12.0. The topological polar surface area (TPSA) is 49.3 Å². The van der Waals surface area contributed by atoms with Gasteiger partial charge in [0.05, 0.1) is 16.4 Å². The van der Waals surface area contributed by atoms with Crippen LogP contribution in [0.25, 0.3) is 0 Å². The summed E-state index contributed by atoms with van der Waals surface area (Å²) in [6.45, 7) is 0.847. The van der Waals surface area contributed by atoms with E-state index in [4.69, 9.17) is 5.11 Å². The molecule has 108 valence electrons. The number of hydrogen-bond acceptors (Lipinski definition) is 3. The molecule has 1 aliphatic rings. The highest BCUT2D eigenvalue weighted by Gasteiger charge is 2.15. The molecule has 0 aliphatic heterocycles. The van der Waals surface area contributed by atoms with Gasteiger partial charge in [0.1, 0.15) is 0 Å². The van der Waals surface area contributed by atoms with Crippen LogP contribution < -0.4 is 5.32 Å². The van der Waals surface area contributed by atoms with Crippen LogP contribution in [0.3, 0.4) is 0 Å². The summed E-state index contributed by atoms with van der Waals surface area (Å²) in [6, 6.07) is 3.68. The molecule has 1 aromatic heterocycles. The van der Waals surface area contributed by atoms with E-state index in [1.165, 1.54) is 37.0 Å². The lowest BCUT2D eigenvalue weighted by molar-refractivity contribution is 0.0955. The molecular formula is C16H21NO2S. The van der Waals surface area contributed by atoms with Crippen molar-refractivity contribution in [3.63, 3.8) is 0 Å². The molecule has 2 rings (SSSR count). The van der Waals surface area contributed by atoms with E-state index >= 15 is 0 Å². The number of aliphatic hydroxyl groups is 1. The molecule has 1 fully saturated rings. The van der Waals surface area contributed by atoms with E-state index in [0.29, 0.717) is 11.3 Å². The van der Waals surface area contributed by atoms with Gasteiger partial charge in [-0.05, 0) is 24.5 Å². The average Bonchev–Trinajstić information content (AvgIpc) is 3.10. The van der Waals surface area contributed by atoms with Crippen LogP contribution in [-0.2, 0) is 0 Å². The summed E-state index contributed by atoms with van der Waals surface area (Å²) >= 11 is 1.41. The number of rotatable bonds is 5. The zero-order chi connectivity index (χ0) is 14.2. The van der Waals surface area contributed by atoms with Gasteiger partial charge in [-0.3, -0.25) is 4.79 Å². The lowest BCUT2D eigenvalue weighted by atomic mass is 10.0. The van der Waals surface area contributed by atoms with Crippen LogP contribution >= 0.6 is 11.3 Å². The largest absolute Gasteiger partial charge is 0.395 e. The van der Waals surface area contributed by atoms with Crippen LogP contribution in [0.2, 0.25) is 0 Å². The molecule has 1 aliphatic carbocycles. The molecule has 20 heavy (non-hydrogen) atoms. The number of thiophene rings is 1. The van der Waals surface area contributed by atoms with Gasteiger partial charge in [0.25, 0.3) is 5.91 Å². The normalized spacial score (nSPS) is 14.8. The first-order chi connectivity index (χ1) is 9.79. The Balaban J connectivity index is 1.76. The minimum absolute atomic E-state index is 0.00297. The highest BCUT2D eigenvalue weighted by atomic mass is 32.1. The van der Waals surface area contributed by atoms with Crippen molar-refractivity contribution in [3.8, 4) is 11.8 Å². The molecule has 1 heterocycles. The first kappa shape index (κ1) is 15.1. The molecule has 0 unspecified atom stereocenters. The Hall–Kier alpha value is -1.31. The molecule has 1 amide bonds. The predicted octanol–water partition coefficient (Wildman–Crippen LogP) is 2.79. The summed E-state index contributed by atoms with van der Waals surface area (Å²) in [6.07, 6.45) is 6.90. The Kier molecular flexibility index (Phi) is 6.10.